The second kappa shape index (κ2) is 6.44. The fourth-order valence-corrected chi connectivity index (χ4v) is 2.51. The molecule has 0 aliphatic rings. The van der Waals surface area contributed by atoms with Gasteiger partial charge >= 0.3 is 0 Å². The van der Waals surface area contributed by atoms with E-state index in [0.717, 1.165) is 11.1 Å². The number of hydrogen-bond donors (Lipinski definition) is 0. The molecular weight excluding hydrogens is 276 g/mol. The number of halogens is 1. The first kappa shape index (κ1) is 14.6. The average Bonchev–Trinajstić information content (AvgIpc) is 2.35. The zero-order valence-electron chi connectivity index (χ0n) is 11.5. The van der Waals surface area contributed by atoms with E-state index in [9.17, 15) is 0 Å². The molecule has 1 aromatic carbocycles. The molecule has 0 saturated heterocycles. The van der Waals surface area contributed by atoms with Crippen LogP contribution < -0.4 is 4.74 Å². The zero-order valence-corrected chi connectivity index (χ0v) is 13.0. The van der Waals surface area contributed by atoms with Gasteiger partial charge in [-0.3, -0.25) is 0 Å². The number of hydrogen-bond acceptors (Lipinski definition) is 1. The van der Waals surface area contributed by atoms with Crippen molar-refractivity contribution in [3.8, 4) is 5.75 Å². The molecule has 1 aromatic rings. The minimum atomic E-state index is 0.497. The Morgan fingerprint density at radius 1 is 1.18 bits per heavy atom. The molecule has 0 spiro atoms. The lowest BCUT2D eigenvalue weighted by Gasteiger charge is -2.21. The minimum Gasteiger partial charge on any atom is -0.496 e. The van der Waals surface area contributed by atoms with Crippen LogP contribution in [0.5, 0.6) is 5.75 Å². The average molecular weight is 299 g/mol. The fourth-order valence-electron chi connectivity index (χ4n) is 1.95. The highest BCUT2D eigenvalue weighted by Crippen LogP contribution is 2.32. The van der Waals surface area contributed by atoms with Gasteiger partial charge in [-0.15, -0.1) is 0 Å². The predicted molar refractivity (Wildman–Crippen MR) is 78.5 cm³/mol. The van der Waals surface area contributed by atoms with Gasteiger partial charge in [0.2, 0.25) is 0 Å². The summed E-state index contributed by atoms with van der Waals surface area (Å²) in [6, 6.07) is 6.59. The molecule has 2 heteroatoms. The Morgan fingerprint density at radius 3 is 2.29 bits per heavy atom. The second-order valence-corrected chi connectivity index (χ2v) is 5.72. The second-order valence-electron chi connectivity index (χ2n) is 5.08. The first-order valence-electron chi connectivity index (χ1n) is 6.25. The van der Waals surface area contributed by atoms with Gasteiger partial charge in [0, 0.05) is 5.33 Å². The van der Waals surface area contributed by atoms with Crippen molar-refractivity contribution in [1.82, 2.24) is 0 Å². The lowest BCUT2D eigenvalue weighted by Crippen LogP contribution is -2.08. The zero-order chi connectivity index (χ0) is 13.0. The van der Waals surface area contributed by atoms with Crippen molar-refractivity contribution in [1.29, 1.82) is 0 Å². The van der Waals surface area contributed by atoms with E-state index in [1.165, 1.54) is 11.1 Å². The lowest BCUT2D eigenvalue weighted by molar-refractivity contribution is 0.407. The molecule has 96 valence electrons. The van der Waals surface area contributed by atoms with Crippen LogP contribution in [0.1, 0.15) is 50.7 Å². The van der Waals surface area contributed by atoms with E-state index in [1.54, 1.807) is 7.11 Å². The van der Waals surface area contributed by atoms with E-state index in [-0.39, 0.29) is 0 Å². The van der Waals surface area contributed by atoms with Gasteiger partial charge in [0.1, 0.15) is 5.75 Å². The van der Waals surface area contributed by atoms with Gasteiger partial charge < -0.3 is 4.74 Å². The van der Waals surface area contributed by atoms with E-state index in [2.05, 4.69) is 61.8 Å². The largest absolute Gasteiger partial charge is 0.496 e. The molecule has 0 aliphatic carbocycles. The van der Waals surface area contributed by atoms with Crippen LogP contribution in [0.2, 0.25) is 0 Å². The summed E-state index contributed by atoms with van der Waals surface area (Å²) in [5, 5.41) is 1.04. The smallest absolute Gasteiger partial charge is 0.122 e. The first-order valence-corrected chi connectivity index (χ1v) is 7.37. The Kier molecular flexibility index (Phi) is 5.51. The van der Waals surface area contributed by atoms with Crippen LogP contribution in [-0.2, 0) is 0 Å². The molecule has 1 nitrogen and oxygen atoms in total. The molecule has 0 bridgehead atoms. The van der Waals surface area contributed by atoms with Crippen molar-refractivity contribution in [2.75, 3.05) is 12.4 Å². The number of methoxy groups -OCH3 is 1. The Bertz CT molecular complexity index is 360. The van der Waals surface area contributed by atoms with E-state index < -0.39 is 0 Å². The van der Waals surface area contributed by atoms with Crippen LogP contribution in [0.25, 0.3) is 0 Å². The maximum atomic E-state index is 5.42. The van der Waals surface area contributed by atoms with Crippen LogP contribution in [0.3, 0.4) is 0 Å². The SMILES string of the molecule is COc1ccc(C(C)C(C)CBr)cc1C(C)C. The first-order chi connectivity index (χ1) is 8.01. The van der Waals surface area contributed by atoms with Crippen molar-refractivity contribution in [3.63, 3.8) is 0 Å². The number of rotatable bonds is 5. The monoisotopic (exact) mass is 298 g/mol. The summed E-state index contributed by atoms with van der Waals surface area (Å²) < 4.78 is 5.42. The van der Waals surface area contributed by atoms with Gasteiger partial charge in [0.05, 0.1) is 7.11 Å². The van der Waals surface area contributed by atoms with Crippen molar-refractivity contribution in [2.24, 2.45) is 5.92 Å². The van der Waals surface area contributed by atoms with Crippen LogP contribution in [-0.4, -0.2) is 12.4 Å². The molecule has 0 N–H and O–H groups in total. The van der Waals surface area contributed by atoms with Gasteiger partial charge in [-0.1, -0.05) is 55.8 Å². The van der Waals surface area contributed by atoms with Gasteiger partial charge in [-0.2, -0.15) is 0 Å². The summed E-state index contributed by atoms with van der Waals surface area (Å²) in [5.41, 5.74) is 2.71. The standard InChI is InChI=1S/C15H23BrO/c1-10(2)14-8-13(6-7-15(14)17-5)12(4)11(3)9-16/h6-8,10-12H,9H2,1-5H3. The quantitative estimate of drug-likeness (QED) is 0.699. The number of benzene rings is 1. The van der Waals surface area contributed by atoms with E-state index in [4.69, 9.17) is 4.74 Å². The summed E-state index contributed by atoms with van der Waals surface area (Å²) in [6.07, 6.45) is 0. The Balaban J connectivity index is 3.07. The third-order valence-electron chi connectivity index (χ3n) is 3.50. The maximum absolute atomic E-state index is 5.42. The highest BCUT2D eigenvalue weighted by atomic mass is 79.9. The van der Waals surface area contributed by atoms with E-state index >= 15 is 0 Å². The van der Waals surface area contributed by atoms with Crippen LogP contribution >= 0.6 is 15.9 Å². The van der Waals surface area contributed by atoms with Gasteiger partial charge in [-0.05, 0) is 34.9 Å². The predicted octanol–water partition coefficient (Wildman–Crippen LogP) is 4.95. The minimum absolute atomic E-state index is 0.497. The lowest BCUT2D eigenvalue weighted by atomic mass is 9.87. The molecule has 17 heavy (non-hydrogen) atoms. The molecule has 0 radical (unpaired) electrons. The summed E-state index contributed by atoms with van der Waals surface area (Å²) in [7, 11) is 1.74. The Morgan fingerprint density at radius 2 is 1.82 bits per heavy atom. The molecule has 2 unspecified atom stereocenters. The topological polar surface area (TPSA) is 9.23 Å². The molecule has 0 heterocycles. The van der Waals surface area contributed by atoms with Crippen LogP contribution in [0.4, 0.5) is 0 Å². The van der Waals surface area contributed by atoms with E-state index in [1.807, 2.05) is 0 Å². The molecule has 0 aliphatic heterocycles. The Labute approximate surface area is 114 Å². The molecule has 1 rings (SSSR count). The number of alkyl halides is 1. The third-order valence-corrected chi connectivity index (χ3v) is 4.52. The molecule has 2 atom stereocenters. The molecule has 0 aromatic heterocycles. The van der Waals surface area contributed by atoms with E-state index in [0.29, 0.717) is 17.8 Å². The Hall–Kier alpha value is -0.500. The van der Waals surface area contributed by atoms with Crippen LogP contribution in [0.15, 0.2) is 18.2 Å². The molecule has 0 amide bonds. The summed E-state index contributed by atoms with van der Waals surface area (Å²) in [5.74, 6) is 2.71. The van der Waals surface area contributed by atoms with Crippen molar-refractivity contribution in [2.45, 2.75) is 39.5 Å². The summed E-state index contributed by atoms with van der Waals surface area (Å²) in [6.45, 7) is 8.98. The van der Waals surface area contributed by atoms with Gasteiger partial charge in [0.15, 0.2) is 0 Å². The summed E-state index contributed by atoms with van der Waals surface area (Å²) >= 11 is 3.56. The normalized spacial score (nSPS) is 14.8. The summed E-state index contributed by atoms with van der Waals surface area (Å²) in [4.78, 5) is 0. The maximum Gasteiger partial charge on any atom is 0.122 e. The van der Waals surface area contributed by atoms with Gasteiger partial charge in [-0.25, -0.2) is 0 Å². The molecule has 0 fully saturated rings. The number of ether oxygens (including phenoxy) is 1. The molecular formula is C15H23BrO. The van der Waals surface area contributed by atoms with Crippen LogP contribution in [0, 0.1) is 5.92 Å². The van der Waals surface area contributed by atoms with Crippen molar-refractivity contribution < 1.29 is 4.74 Å². The molecule has 0 saturated carbocycles. The highest BCUT2D eigenvalue weighted by Gasteiger charge is 2.16. The fraction of sp³-hybridized carbons (Fsp3) is 0.600. The van der Waals surface area contributed by atoms with Crippen molar-refractivity contribution >= 4 is 15.9 Å². The third kappa shape index (κ3) is 3.48. The van der Waals surface area contributed by atoms with Crippen molar-refractivity contribution in [3.05, 3.63) is 29.3 Å². The highest BCUT2D eigenvalue weighted by molar-refractivity contribution is 9.09. The van der Waals surface area contributed by atoms with Gasteiger partial charge in [0.25, 0.3) is 0 Å².